The van der Waals surface area contributed by atoms with Crippen LogP contribution >= 0.6 is 11.8 Å². The highest BCUT2D eigenvalue weighted by molar-refractivity contribution is 8.00. The lowest BCUT2D eigenvalue weighted by atomic mass is 9.95. The Bertz CT molecular complexity index is 284. The molecule has 0 aromatic rings. The van der Waals surface area contributed by atoms with Gasteiger partial charge in [-0.1, -0.05) is 0 Å². The smallest absolute Gasteiger partial charge is 0.313 e. The van der Waals surface area contributed by atoms with Crippen LogP contribution in [0.15, 0.2) is 0 Å². The maximum atomic E-state index is 11.6. The fraction of sp³-hybridized carbons (Fsp3) is 0.800. The number of carbonyl (C=O) groups excluding carboxylic acids is 1. The van der Waals surface area contributed by atoms with Crippen LogP contribution in [-0.4, -0.2) is 46.7 Å². The van der Waals surface area contributed by atoms with Gasteiger partial charge in [-0.15, -0.1) is 11.8 Å². The Labute approximate surface area is 98.9 Å². The van der Waals surface area contributed by atoms with Gasteiger partial charge in [-0.25, -0.2) is 0 Å². The molecule has 0 aromatic heterocycles. The SMILES string of the molecule is CC1OCCC1(C)NC(=O)CSCC(=O)O. The van der Waals surface area contributed by atoms with E-state index in [9.17, 15) is 9.59 Å². The number of hydrogen-bond donors (Lipinski definition) is 2. The number of nitrogens with one attached hydrogen (secondary N) is 1. The van der Waals surface area contributed by atoms with Crippen LogP contribution in [0.1, 0.15) is 20.3 Å². The molecule has 1 rings (SSSR count). The summed E-state index contributed by atoms with van der Waals surface area (Å²) in [6, 6.07) is 0. The van der Waals surface area contributed by atoms with Crippen molar-refractivity contribution in [3.8, 4) is 0 Å². The van der Waals surface area contributed by atoms with Gasteiger partial charge < -0.3 is 15.2 Å². The van der Waals surface area contributed by atoms with Crippen LogP contribution in [0.4, 0.5) is 0 Å². The van der Waals surface area contributed by atoms with Crippen molar-refractivity contribution in [2.75, 3.05) is 18.1 Å². The van der Waals surface area contributed by atoms with Crippen molar-refractivity contribution in [1.29, 1.82) is 0 Å². The van der Waals surface area contributed by atoms with Crippen molar-refractivity contribution in [2.45, 2.75) is 31.9 Å². The lowest BCUT2D eigenvalue weighted by Gasteiger charge is -2.28. The number of carbonyl (C=O) groups is 2. The van der Waals surface area contributed by atoms with Crippen LogP contribution < -0.4 is 5.32 Å². The van der Waals surface area contributed by atoms with E-state index in [0.717, 1.165) is 18.2 Å². The molecule has 0 saturated carbocycles. The van der Waals surface area contributed by atoms with E-state index in [4.69, 9.17) is 9.84 Å². The summed E-state index contributed by atoms with van der Waals surface area (Å²) in [7, 11) is 0. The highest BCUT2D eigenvalue weighted by atomic mass is 32.2. The number of amides is 1. The first-order valence-electron chi connectivity index (χ1n) is 5.16. The first kappa shape index (κ1) is 13.3. The molecule has 5 nitrogen and oxygen atoms in total. The zero-order valence-corrected chi connectivity index (χ0v) is 10.3. The van der Waals surface area contributed by atoms with Crippen LogP contribution in [0.2, 0.25) is 0 Å². The predicted molar refractivity (Wildman–Crippen MR) is 61.5 cm³/mol. The van der Waals surface area contributed by atoms with Gasteiger partial charge in [0, 0.05) is 6.61 Å². The molecular weight excluding hydrogens is 230 g/mol. The standard InChI is InChI=1S/C10H17NO4S/c1-7-10(2,3-4-15-7)11-8(12)5-16-6-9(13)14/h7H,3-6H2,1-2H3,(H,11,12)(H,13,14). The number of carboxylic acid groups (broad SMARTS) is 1. The Balaban J connectivity index is 2.31. The number of thioether (sulfide) groups is 1. The molecule has 1 fully saturated rings. The topological polar surface area (TPSA) is 75.6 Å². The van der Waals surface area contributed by atoms with Crippen molar-refractivity contribution in [2.24, 2.45) is 0 Å². The second-order valence-electron chi connectivity index (χ2n) is 4.12. The van der Waals surface area contributed by atoms with Gasteiger partial charge in [0.25, 0.3) is 0 Å². The highest BCUT2D eigenvalue weighted by Gasteiger charge is 2.38. The minimum absolute atomic E-state index is 0.000855. The Morgan fingerprint density at radius 2 is 2.25 bits per heavy atom. The minimum Gasteiger partial charge on any atom is -0.481 e. The summed E-state index contributed by atoms with van der Waals surface area (Å²) < 4.78 is 5.40. The van der Waals surface area contributed by atoms with E-state index in [1.165, 1.54) is 0 Å². The largest absolute Gasteiger partial charge is 0.481 e. The molecule has 0 aliphatic carbocycles. The Morgan fingerprint density at radius 3 is 2.75 bits per heavy atom. The maximum Gasteiger partial charge on any atom is 0.313 e. The predicted octanol–water partition coefficient (Wildman–Crippen LogP) is 0.488. The second kappa shape index (κ2) is 5.54. The third kappa shape index (κ3) is 3.68. The molecule has 0 bridgehead atoms. The van der Waals surface area contributed by atoms with Crippen molar-refractivity contribution in [3.05, 3.63) is 0 Å². The van der Waals surface area contributed by atoms with E-state index < -0.39 is 5.97 Å². The lowest BCUT2D eigenvalue weighted by molar-refractivity contribution is -0.133. The molecule has 1 heterocycles. The quantitative estimate of drug-likeness (QED) is 0.739. The van der Waals surface area contributed by atoms with Gasteiger partial charge in [-0.2, -0.15) is 0 Å². The molecule has 0 radical (unpaired) electrons. The first-order chi connectivity index (χ1) is 7.44. The molecular formula is C10H17NO4S. The van der Waals surface area contributed by atoms with Crippen LogP contribution in [0, 0.1) is 0 Å². The summed E-state index contributed by atoms with van der Waals surface area (Å²) >= 11 is 1.10. The average molecular weight is 247 g/mol. The molecule has 2 N–H and O–H groups in total. The molecule has 1 aliphatic rings. The summed E-state index contributed by atoms with van der Waals surface area (Å²) in [4.78, 5) is 21.8. The van der Waals surface area contributed by atoms with Gasteiger partial charge in [-0.3, -0.25) is 9.59 Å². The van der Waals surface area contributed by atoms with E-state index in [1.807, 2.05) is 13.8 Å². The van der Waals surface area contributed by atoms with E-state index >= 15 is 0 Å². The normalized spacial score (nSPS) is 29.0. The van der Waals surface area contributed by atoms with Gasteiger partial charge in [0.2, 0.25) is 5.91 Å². The molecule has 1 amide bonds. The number of rotatable bonds is 5. The molecule has 0 aromatic carbocycles. The van der Waals surface area contributed by atoms with Crippen LogP contribution in [0.3, 0.4) is 0 Å². The maximum absolute atomic E-state index is 11.6. The summed E-state index contributed by atoms with van der Waals surface area (Å²) in [5.41, 5.74) is -0.319. The van der Waals surface area contributed by atoms with Gasteiger partial charge >= 0.3 is 5.97 Å². The lowest BCUT2D eigenvalue weighted by Crippen LogP contribution is -2.51. The molecule has 92 valence electrons. The summed E-state index contributed by atoms with van der Waals surface area (Å²) in [5, 5.41) is 11.3. The fourth-order valence-corrected chi connectivity index (χ4v) is 2.12. The van der Waals surface area contributed by atoms with Crippen LogP contribution in [-0.2, 0) is 14.3 Å². The minimum atomic E-state index is -0.901. The summed E-state index contributed by atoms with van der Waals surface area (Å²) in [6.45, 7) is 4.53. The first-order valence-corrected chi connectivity index (χ1v) is 6.31. The van der Waals surface area contributed by atoms with E-state index in [-0.39, 0.29) is 29.1 Å². The van der Waals surface area contributed by atoms with Crippen LogP contribution in [0.25, 0.3) is 0 Å². The number of hydrogen-bond acceptors (Lipinski definition) is 4. The molecule has 2 atom stereocenters. The molecule has 16 heavy (non-hydrogen) atoms. The van der Waals surface area contributed by atoms with E-state index in [0.29, 0.717) is 6.61 Å². The summed E-state index contributed by atoms with van der Waals surface area (Å²) in [5.74, 6) is -0.905. The van der Waals surface area contributed by atoms with Gasteiger partial charge in [0.1, 0.15) is 0 Å². The second-order valence-corrected chi connectivity index (χ2v) is 5.10. The fourth-order valence-electron chi connectivity index (χ4n) is 1.58. The third-order valence-electron chi connectivity index (χ3n) is 2.77. The molecule has 1 aliphatic heterocycles. The van der Waals surface area contributed by atoms with Crippen molar-refractivity contribution in [1.82, 2.24) is 5.32 Å². The van der Waals surface area contributed by atoms with Gasteiger partial charge in [0.05, 0.1) is 23.1 Å². The van der Waals surface area contributed by atoms with Crippen molar-refractivity contribution < 1.29 is 19.4 Å². The Kier molecular flexibility index (Phi) is 4.61. The van der Waals surface area contributed by atoms with Crippen LogP contribution in [0.5, 0.6) is 0 Å². The molecule has 2 unspecified atom stereocenters. The number of aliphatic carboxylic acids is 1. The van der Waals surface area contributed by atoms with E-state index in [2.05, 4.69) is 5.32 Å². The zero-order chi connectivity index (χ0) is 12.2. The Morgan fingerprint density at radius 1 is 1.56 bits per heavy atom. The Hall–Kier alpha value is -0.750. The molecule has 1 saturated heterocycles. The van der Waals surface area contributed by atoms with Gasteiger partial charge in [-0.05, 0) is 20.3 Å². The van der Waals surface area contributed by atoms with Gasteiger partial charge in [0.15, 0.2) is 0 Å². The number of carboxylic acids is 1. The van der Waals surface area contributed by atoms with Crippen molar-refractivity contribution >= 4 is 23.6 Å². The van der Waals surface area contributed by atoms with E-state index in [1.54, 1.807) is 0 Å². The monoisotopic (exact) mass is 247 g/mol. The molecule has 0 spiro atoms. The number of ether oxygens (including phenoxy) is 1. The molecule has 6 heteroatoms. The highest BCUT2D eigenvalue weighted by Crippen LogP contribution is 2.25. The summed E-state index contributed by atoms with van der Waals surface area (Å²) in [6.07, 6.45) is 0.796. The third-order valence-corrected chi connectivity index (χ3v) is 3.69. The van der Waals surface area contributed by atoms with Crippen molar-refractivity contribution in [3.63, 3.8) is 0 Å². The average Bonchev–Trinajstić information content (AvgIpc) is 2.46. The zero-order valence-electron chi connectivity index (χ0n) is 9.49.